The van der Waals surface area contributed by atoms with Crippen molar-refractivity contribution in [2.45, 2.75) is 38.2 Å². The summed E-state index contributed by atoms with van der Waals surface area (Å²) in [6.45, 7) is 4.05. The molecule has 0 amide bonds. The molecule has 4 heteroatoms. The SMILES string of the molecule is C=CCOC(CO)CCCCCC(=O)OC. The molecule has 0 aromatic heterocycles. The predicted octanol–water partition coefficient (Wildman–Crippen LogP) is 1.67. The molecule has 0 saturated heterocycles. The van der Waals surface area contributed by atoms with E-state index in [4.69, 9.17) is 9.84 Å². The van der Waals surface area contributed by atoms with E-state index in [1.807, 2.05) is 0 Å². The second kappa shape index (κ2) is 10.6. The molecule has 0 aromatic rings. The number of aliphatic hydroxyl groups is 1. The monoisotopic (exact) mass is 230 g/mol. The van der Waals surface area contributed by atoms with Gasteiger partial charge in [0.25, 0.3) is 0 Å². The molecule has 1 unspecified atom stereocenters. The second-order valence-electron chi connectivity index (χ2n) is 3.60. The Morgan fingerprint density at radius 3 is 2.75 bits per heavy atom. The highest BCUT2D eigenvalue weighted by molar-refractivity contribution is 5.68. The summed E-state index contributed by atoms with van der Waals surface area (Å²) in [4.78, 5) is 10.8. The number of carbonyl (C=O) groups is 1. The zero-order valence-electron chi connectivity index (χ0n) is 9.98. The van der Waals surface area contributed by atoms with Crippen molar-refractivity contribution in [3.63, 3.8) is 0 Å². The van der Waals surface area contributed by atoms with Crippen LogP contribution in [0.15, 0.2) is 12.7 Å². The van der Waals surface area contributed by atoms with E-state index in [1.165, 1.54) is 7.11 Å². The summed E-state index contributed by atoms with van der Waals surface area (Å²) in [6.07, 6.45) is 5.55. The highest BCUT2D eigenvalue weighted by atomic mass is 16.5. The third-order valence-electron chi connectivity index (χ3n) is 2.29. The lowest BCUT2D eigenvalue weighted by molar-refractivity contribution is -0.140. The van der Waals surface area contributed by atoms with Crippen molar-refractivity contribution >= 4 is 5.97 Å². The lowest BCUT2D eigenvalue weighted by Gasteiger charge is -2.13. The van der Waals surface area contributed by atoms with Crippen LogP contribution in [0.25, 0.3) is 0 Å². The Hall–Kier alpha value is -0.870. The molecule has 0 heterocycles. The van der Waals surface area contributed by atoms with E-state index in [0.29, 0.717) is 13.0 Å². The average molecular weight is 230 g/mol. The molecule has 1 atom stereocenters. The molecule has 16 heavy (non-hydrogen) atoms. The highest BCUT2D eigenvalue weighted by Crippen LogP contribution is 2.08. The largest absolute Gasteiger partial charge is 0.469 e. The van der Waals surface area contributed by atoms with Gasteiger partial charge in [-0.2, -0.15) is 0 Å². The van der Waals surface area contributed by atoms with Gasteiger partial charge in [-0.25, -0.2) is 0 Å². The maximum absolute atomic E-state index is 10.8. The van der Waals surface area contributed by atoms with Crippen LogP contribution in [0.4, 0.5) is 0 Å². The molecular formula is C12H22O4. The van der Waals surface area contributed by atoms with Crippen LogP contribution >= 0.6 is 0 Å². The van der Waals surface area contributed by atoms with Crippen LogP contribution in [0.2, 0.25) is 0 Å². The molecule has 0 radical (unpaired) electrons. The van der Waals surface area contributed by atoms with Crippen LogP contribution in [-0.4, -0.2) is 37.5 Å². The van der Waals surface area contributed by atoms with Gasteiger partial charge in [0.2, 0.25) is 0 Å². The van der Waals surface area contributed by atoms with E-state index < -0.39 is 0 Å². The van der Waals surface area contributed by atoms with Crippen molar-refractivity contribution in [2.75, 3.05) is 20.3 Å². The van der Waals surface area contributed by atoms with E-state index in [-0.39, 0.29) is 18.7 Å². The molecule has 0 aliphatic carbocycles. The van der Waals surface area contributed by atoms with E-state index in [1.54, 1.807) is 6.08 Å². The minimum absolute atomic E-state index is 0.0326. The van der Waals surface area contributed by atoms with Crippen LogP contribution in [0.1, 0.15) is 32.1 Å². The molecule has 0 saturated carbocycles. The Bertz CT molecular complexity index is 191. The number of hydrogen-bond donors (Lipinski definition) is 1. The fourth-order valence-corrected chi connectivity index (χ4v) is 1.35. The standard InChI is InChI=1S/C12H22O4/c1-3-9-16-11(10-13)7-5-4-6-8-12(14)15-2/h3,11,13H,1,4-10H2,2H3. The Balaban J connectivity index is 3.40. The number of aliphatic hydroxyl groups excluding tert-OH is 1. The molecule has 0 rings (SSSR count). The van der Waals surface area contributed by atoms with Crippen LogP contribution < -0.4 is 0 Å². The summed E-state index contributed by atoms with van der Waals surface area (Å²) in [6, 6.07) is 0. The summed E-state index contributed by atoms with van der Waals surface area (Å²) in [5, 5.41) is 9.00. The second-order valence-corrected chi connectivity index (χ2v) is 3.60. The van der Waals surface area contributed by atoms with E-state index in [2.05, 4.69) is 11.3 Å². The maximum atomic E-state index is 10.8. The van der Waals surface area contributed by atoms with Crippen LogP contribution in [0, 0.1) is 0 Å². The van der Waals surface area contributed by atoms with Crippen LogP contribution in [0.3, 0.4) is 0 Å². The number of rotatable bonds is 10. The number of hydrogen-bond acceptors (Lipinski definition) is 4. The van der Waals surface area contributed by atoms with Crippen molar-refractivity contribution in [1.82, 2.24) is 0 Å². The van der Waals surface area contributed by atoms with Crippen molar-refractivity contribution in [2.24, 2.45) is 0 Å². The van der Waals surface area contributed by atoms with Crippen molar-refractivity contribution in [3.8, 4) is 0 Å². The normalized spacial score (nSPS) is 12.1. The van der Waals surface area contributed by atoms with Crippen molar-refractivity contribution in [1.29, 1.82) is 0 Å². The third-order valence-corrected chi connectivity index (χ3v) is 2.29. The van der Waals surface area contributed by atoms with Gasteiger partial charge < -0.3 is 14.6 Å². The molecule has 0 spiro atoms. The van der Waals surface area contributed by atoms with Gasteiger partial charge in [-0.05, 0) is 12.8 Å². The number of carbonyl (C=O) groups excluding carboxylic acids is 1. The molecule has 1 N–H and O–H groups in total. The zero-order valence-corrected chi connectivity index (χ0v) is 9.98. The molecule has 0 aliphatic heterocycles. The fourth-order valence-electron chi connectivity index (χ4n) is 1.35. The molecular weight excluding hydrogens is 208 g/mol. The van der Waals surface area contributed by atoms with Gasteiger partial charge in [0.1, 0.15) is 0 Å². The smallest absolute Gasteiger partial charge is 0.305 e. The van der Waals surface area contributed by atoms with Gasteiger partial charge >= 0.3 is 5.97 Å². The summed E-state index contributed by atoms with van der Waals surface area (Å²) >= 11 is 0. The van der Waals surface area contributed by atoms with Gasteiger partial charge in [-0.1, -0.05) is 18.9 Å². The summed E-state index contributed by atoms with van der Waals surface area (Å²) in [5.74, 6) is -0.165. The summed E-state index contributed by atoms with van der Waals surface area (Å²) in [7, 11) is 1.40. The minimum Gasteiger partial charge on any atom is -0.469 e. The Morgan fingerprint density at radius 2 is 2.19 bits per heavy atom. The Morgan fingerprint density at radius 1 is 1.44 bits per heavy atom. The molecule has 0 bridgehead atoms. The number of ether oxygens (including phenoxy) is 2. The fraction of sp³-hybridized carbons (Fsp3) is 0.750. The van der Waals surface area contributed by atoms with E-state index in [9.17, 15) is 4.79 Å². The molecule has 94 valence electrons. The van der Waals surface area contributed by atoms with Crippen LogP contribution in [0.5, 0.6) is 0 Å². The third kappa shape index (κ3) is 8.44. The molecule has 0 aliphatic rings. The molecule has 0 fully saturated rings. The molecule has 4 nitrogen and oxygen atoms in total. The summed E-state index contributed by atoms with van der Waals surface area (Å²) < 4.78 is 9.87. The lowest BCUT2D eigenvalue weighted by atomic mass is 10.1. The first-order chi connectivity index (χ1) is 7.74. The lowest BCUT2D eigenvalue weighted by Crippen LogP contribution is -2.17. The average Bonchev–Trinajstić information content (AvgIpc) is 2.32. The van der Waals surface area contributed by atoms with Crippen molar-refractivity contribution in [3.05, 3.63) is 12.7 Å². The van der Waals surface area contributed by atoms with E-state index in [0.717, 1.165) is 25.7 Å². The Kier molecular flexibility index (Phi) is 10.1. The Labute approximate surface area is 97.2 Å². The highest BCUT2D eigenvalue weighted by Gasteiger charge is 2.06. The zero-order chi connectivity index (χ0) is 12.2. The topological polar surface area (TPSA) is 55.8 Å². The quantitative estimate of drug-likeness (QED) is 0.352. The first-order valence-electron chi connectivity index (χ1n) is 5.64. The predicted molar refractivity (Wildman–Crippen MR) is 62.1 cm³/mol. The minimum atomic E-state index is -0.165. The van der Waals surface area contributed by atoms with Crippen LogP contribution in [-0.2, 0) is 14.3 Å². The number of methoxy groups -OCH3 is 1. The van der Waals surface area contributed by atoms with Crippen molar-refractivity contribution < 1.29 is 19.4 Å². The maximum Gasteiger partial charge on any atom is 0.305 e. The summed E-state index contributed by atoms with van der Waals surface area (Å²) in [5.41, 5.74) is 0. The first-order valence-corrected chi connectivity index (χ1v) is 5.64. The number of unbranched alkanes of at least 4 members (excludes halogenated alkanes) is 2. The van der Waals surface area contributed by atoms with Gasteiger partial charge in [-0.3, -0.25) is 4.79 Å². The van der Waals surface area contributed by atoms with Gasteiger partial charge in [0.15, 0.2) is 0 Å². The number of esters is 1. The molecule has 0 aromatic carbocycles. The van der Waals surface area contributed by atoms with Gasteiger partial charge in [0, 0.05) is 6.42 Å². The van der Waals surface area contributed by atoms with Gasteiger partial charge in [0.05, 0.1) is 26.4 Å². The van der Waals surface area contributed by atoms with E-state index >= 15 is 0 Å². The first kappa shape index (κ1) is 15.1. The van der Waals surface area contributed by atoms with Gasteiger partial charge in [-0.15, -0.1) is 6.58 Å².